The van der Waals surface area contributed by atoms with Crippen LogP contribution >= 0.6 is 0 Å². The Morgan fingerprint density at radius 1 is 1.33 bits per heavy atom. The highest BCUT2D eigenvalue weighted by Crippen LogP contribution is 2.28. The zero-order valence-electron chi connectivity index (χ0n) is 13.6. The fraction of sp³-hybridized carbons (Fsp3) is 0.333. The van der Waals surface area contributed by atoms with Crippen molar-refractivity contribution in [3.8, 4) is 0 Å². The van der Waals surface area contributed by atoms with Crippen LogP contribution in [0.15, 0.2) is 45.9 Å². The van der Waals surface area contributed by atoms with E-state index in [1.165, 1.54) is 12.1 Å². The highest BCUT2D eigenvalue weighted by Gasteiger charge is 2.23. The molecule has 8 nitrogen and oxygen atoms in total. The molecule has 0 aliphatic rings. The topological polar surface area (TPSA) is 107 Å². The lowest BCUT2D eigenvalue weighted by molar-refractivity contribution is -0.891. The van der Waals surface area contributed by atoms with Gasteiger partial charge in [0, 0.05) is 12.3 Å². The van der Waals surface area contributed by atoms with Crippen LogP contribution in [0.3, 0.4) is 0 Å². The smallest absolute Gasteiger partial charge is 0.293 e. The third-order valence-electron chi connectivity index (χ3n) is 3.67. The minimum Gasteiger partial charge on any atom is -0.463 e. The number of sulfone groups is 1. The van der Waals surface area contributed by atoms with Gasteiger partial charge in [-0.2, -0.15) is 0 Å². The first-order valence-corrected chi connectivity index (χ1v) is 9.15. The van der Waals surface area contributed by atoms with Crippen molar-refractivity contribution in [3.63, 3.8) is 0 Å². The van der Waals surface area contributed by atoms with Crippen molar-refractivity contribution in [3.05, 3.63) is 52.5 Å². The Kier molecular flexibility index (Phi) is 5.25. The van der Waals surface area contributed by atoms with Crippen molar-refractivity contribution < 1.29 is 22.7 Å². The van der Waals surface area contributed by atoms with Crippen molar-refractivity contribution in [2.75, 3.05) is 32.2 Å². The highest BCUT2D eigenvalue weighted by atomic mass is 32.2. The maximum absolute atomic E-state index is 11.6. The summed E-state index contributed by atoms with van der Waals surface area (Å²) in [6, 6.07) is 7.43. The van der Waals surface area contributed by atoms with Crippen molar-refractivity contribution in [1.82, 2.24) is 0 Å². The molecule has 0 aliphatic carbocycles. The average Bonchev–Trinajstić information content (AvgIpc) is 3.00. The molecule has 1 aromatic heterocycles. The van der Waals surface area contributed by atoms with E-state index in [9.17, 15) is 18.5 Å². The zero-order valence-corrected chi connectivity index (χ0v) is 14.5. The maximum atomic E-state index is 11.6. The molecule has 2 N–H and O–H groups in total. The first-order chi connectivity index (χ1) is 11.2. The number of nitro benzene ring substituents is 1. The summed E-state index contributed by atoms with van der Waals surface area (Å²) >= 11 is 0. The van der Waals surface area contributed by atoms with Crippen LogP contribution in [0.4, 0.5) is 11.4 Å². The van der Waals surface area contributed by atoms with Crippen LogP contribution in [0.2, 0.25) is 0 Å². The van der Waals surface area contributed by atoms with Crippen molar-refractivity contribution >= 4 is 21.2 Å². The molecule has 0 saturated heterocycles. The molecular formula is C15H20N3O5S+. The molecule has 1 heterocycles. The standard InChI is InChI=1S/C15H19N3O5S/c1-17(2)14(15-5-4-8-23-15)10-16-12-7-6-11(24(3,21)22)9-13(12)18(19)20/h4-9,14,16H,10H2,1-3H3/p+1/t14-/m0/s1. The summed E-state index contributed by atoms with van der Waals surface area (Å²) < 4.78 is 28.6. The number of rotatable bonds is 7. The molecular weight excluding hydrogens is 334 g/mol. The number of nitrogens with one attached hydrogen (secondary N) is 2. The van der Waals surface area contributed by atoms with Crippen LogP contribution < -0.4 is 10.2 Å². The first kappa shape index (κ1) is 18.0. The van der Waals surface area contributed by atoms with Crippen molar-refractivity contribution in [2.24, 2.45) is 0 Å². The quantitative estimate of drug-likeness (QED) is 0.565. The van der Waals surface area contributed by atoms with E-state index in [0.29, 0.717) is 6.54 Å². The Morgan fingerprint density at radius 2 is 2.04 bits per heavy atom. The molecule has 130 valence electrons. The predicted octanol–water partition coefficient (Wildman–Crippen LogP) is 0.889. The highest BCUT2D eigenvalue weighted by molar-refractivity contribution is 7.90. The van der Waals surface area contributed by atoms with E-state index in [1.807, 2.05) is 20.2 Å². The molecule has 0 amide bonds. The van der Waals surface area contributed by atoms with Gasteiger partial charge in [0.05, 0.1) is 36.7 Å². The molecule has 0 radical (unpaired) electrons. The lowest BCUT2D eigenvalue weighted by Crippen LogP contribution is -3.06. The van der Waals surface area contributed by atoms with Gasteiger partial charge in [-0.1, -0.05) is 0 Å². The number of quaternary nitrogens is 1. The zero-order chi connectivity index (χ0) is 17.9. The van der Waals surface area contributed by atoms with E-state index in [2.05, 4.69) is 5.32 Å². The SMILES string of the molecule is C[NH+](C)[C@@H](CNc1ccc(S(C)(=O)=O)cc1[N+](=O)[O-])c1ccco1. The number of likely N-dealkylation sites (N-methyl/N-ethyl adjacent to an activating group) is 1. The summed E-state index contributed by atoms with van der Waals surface area (Å²) in [4.78, 5) is 11.7. The number of nitrogens with zero attached hydrogens (tertiary/aromatic N) is 1. The van der Waals surface area contributed by atoms with E-state index < -0.39 is 14.8 Å². The molecule has 2 rings (SSSR count). The number of furan rings is 1. The second kappa shape index (κ2) is 7.02. The van der Waals surface area contributed by atoms with Gasteiger partial charge in [0.2, 0.25) is 0 Å². The third kappa shape index (κ3) is 4.12. The van der Waals surface area contributed by atoms with Gasteiger partial charge < -0.3 is 14.6 Å². The van der Waals surface area contributed by atoms with Crippen LogP contribution in [0.25, 0.3) is 0 Å². The van der Waals surface area contributed by atoms with Crippen molar-refractivity contribution in [2.45, 2.75) is 10.9 Å². The fourth-order valence-electron chi connectivity index (χ4n) is 2.33. The molecule has 1 aromatic carbocycles. The van der Waals surface area contributed by atoms with Gasteiger partial charge in [0.15, 0.2) is 21.6 Å². The van der Waals surface area contributed by atoms with Crippen molar-refractivity contribution in [1.29, 1.82) is 0 Å². The molecule has 0 fully saturated rings. The van der Waals surface area contributed by atoms with Gasteiger partial charge in [-0.25, -0.2) is 8.42 Å². The molecule has 0 aliphatic heterocycles. The Balaban J connectivity index is 2.27. The fourth-order valence-corrected chi connectivity index (χ4v) is 2.97. The normalized spacial score (nSPS) is 13.0. The van der Waals surface area contributed by atoms with Gasteiger partial charge in [0.25, 0.3) is 5.69 Å². The molecule has 24 heavy (non-hydrogen) atoms. The third-order valence-corrected chi connectivity index (χ3v) is 4.78. The number of benzene rings is 1. The second-order valence-corrected chi connectivity index (χ2v) is 7.75. The Labute approximate surface area is 140 Å². The number of hydrogen-bond acceptors (Lipinski definition) is 6. The predicted molar refractivity (Wildman–Crippen MR) is 89.0 cm³/mol. The summed E-state index contributed by atoms with van der Waals surface area (Å²) in [7, 11) is 0.402. The monoisotopic (exact) mass is 354 g/mol. The maximum Gasteiger partial charge on any atom is 0.293 e. The van der Waals surface area contributed by atoms with Crippen LogP contribution in [-0.4, -0.2) is 40.2 Å². The van der Waals surface area contributed by atoms with Crippen LogP contribution in [0, 0.1) is 10.1 Å². The van der Waals surface area contributed by atoms with Crippen LogP contribution in [0.1, 0.15) is 11.8 Å². The minimum absolute atomic E-state index is 0.0470. The lowest BCUT2D eigenvalue weighted by atomic mass is 10.2. The summed E-state index contributed by atoms with van der Waals surface area (Å²) in [6.45, 7) is 0.398. The number of anilines is 1. The van der Waals surface area contributed by atoms with Gasteiger partial charge >= 0.3 is 0 Å². The van der Waals surface area contributed by atoms with Gasteiger partial charge in [0.1, 0.15) is 5.69 Å². The molecule has 2 aromatic rings. The molecule has 1 atom stereocenters. The summed E-state index contributed by atoms with van der Waals surface area (Å²) in [5, 5.41) is 14.3. The molecule has 9 heteroatoms. The number of hydrogen-bond donors (Lipinski definition) is 2. The van der Waals surface area contributed by atoms with E-state index in [1.54, 1.807) is 12.3 Å². The summed E-state index contributed by atoms with van der Waals surface area (Å²) in [5.74, 6) is 0.762. The van der Waals surface area contributed by atoms with Gasteiger partial charge in [-0.05, 0) is 24.3 Å². The van der Waals surface area contributed by atoms with Gasteiger partial charge in [-0.3, -0.25) is 10.1 Å². The van der Waals surface area contributed by atoms with Gasteiger partial charge in [-0.15, -0.1) is 0 Å². The van der Waals surface area contributed by atoms with Crippen LogP contribution in [-0.2, 0) is 9.84 Å². The Bertz CT molecular complexity index is 816. The average molecular weight is 354 g/mol. The lowest BCUT2D eigenvalue weighted by Gasteiger charge is -2.20. The molecule has 0 saturated carbocycles. The molecule has 0 spiro atoms. The minimum atomic E-state index is -3.51. The summed E-state index contributed by atoms with van der Waals surface area (Å²) in [6.07, 6.45) is 2.59. The Morgan fingerprint density at radius 3 is 2.54 bits per heavy atom. The van der Waals surface area contributed by atoms with E-state index in [-0.39, 0.29) is 22.3 Å². The Hall–Kier alpha value is -2.39. The van der Waals surface area contributed by atoms with Crippen LogP contribution in [0.5, 0.6) is 0 Å². The van der Waals surface area contributed by atoms with E-state index in [0.717, 1.165) is 23.0 Å². The first-order valence-electron chi connectivity index (χ1n) is 7.26. The van der Waals surface area contributed by atoms with E-state index >= 15 is 0 Å². The molecule has 0 unspecified atom stereocenters. The second-order valence-electron chi connectivity index (χ2n) is 5.73. The van der Waals surface area contributed by atoms with E-state index in [4.69, 9.17) is 4.42 Å². The summed E-state index contributed by atoms with van der Waals surface area (Å²) in [5.41, 5.74) is -0.00455. The largest absolute Gasteiger partial charge is 0.463 e. The number of nitro groups is 1. The molecule has 0 bridgehead atoms.